The van der Waals surface area contributed by atoms with Gasteiger partial charge in [0.2, 0.25) is 0 Å². The molecule has 0 aromatic heterocycles. The number of rotatable bonds is 15. The Morgan fingerprint density at radius 3 is 2.45 bits per heavy atom. The van der Waals surface area contributed by atoms with Gasteiger partial charge >= 0.3 is 5.97 Å². The lowest BCUT2D eigenvalue weighted by molar-refractivity contribution is -0.267. The van der Waals surface area contributed by atoms with Gasteiger partial charge in [0.05, 0.1) is 0 Å². The molecular formula is C18H32O4. The average molecular weight is 312 g/mol. The summed E-state index contributed by atoms with van der Waals surface area (Å²) in [5, 5.41) is 17.3. The lowest BCUT2D eigenvalue weighted by atomic mass is 10.1. The number of carboxylic acids is 1. The molecule has 128 valence electrons. The summed E-state index contributed by atoms with van der Waals surface area (Å²) in [6.07, 6.45) is 18.5. The van der Waals surface area contributed by atoms with E-state index in [1.807, 2.05) is 18.2 Å². The molecule has 1 unspecified atom stereocenters. The summed E-state index contributed by atoms with van der Waals surface area (Å²) in [4.78, 5) is 14.8. The van der Waals surface area contributed by atoms with Gasteiger partial charge in [-0.25, -0.2) is 4.89 Å². The SMILES string of the molecule is CCCCCC(C=CC=CCCCCCCCC(=O)O)OO. The van der Waals surface area contributed by atoms with E-state index in [0.29, 0.717) is 0 Å². The van der Waals surface area contributed by atoms with Crippen LogP contribution in [0.5, 0.6) is 0 Å². The van der Waals surface area contributed by atoms with Crippen molar-refractivity contribution in [2.24, 2.45) is 0 Å². The number of unbranched alkanes of at least 4 members (excludes halogenated alkanes) is 7. The quantitative estimate of drug-likeness (QED) is 0.185. The van der Waals surface area contributed by atoms with Crippen molar-refractivity contribution in [3.63, 3.8) is 0 Å². The highest BCUT2D eigenvalue weighted by molar-refractivity contribution is 5.66. The van der Waals surface area contributed by atoms with Crippen molar-refractivity contribution in [3.8, 4) is 0 Å². The van der Waals surface area contributed by atoms with Crippen molar-refractivity contribution in [1.82, 2.24) is 0 Å². The number of hydrogen-bond donors (Lipinski definition) is 2. The van der Waals surface area contributed by atoms with Gasteiger partial charge in [-0.3, -0.25) is 10.1 Å². The van der Waals surface area contributed by atoms with E-state index in [1.165, 1.54) is 0 Å². The van der Waals surface area contributed by atoms with Gasteiger partial charge in [-0.1, -0.05) is 69.8 Å². The average Bonchev–Trinajstić information content (AvgIpc) is 2.50. The van der Waals surface area contributed by atoms with Crippen molar-refractivity contribution < 1.29 is 20.0 Å². The highest BCUT2D eigenvalue weighted by Gasteiger charge is 2.02. The summed E-state index contributed by atoms with van der Waals surface area (Å²) in [5.41, 5.74) is 0. The maximum atomic E-state index is 10.3. The van der Waals surface area contributed by atoms with E-state index in [-0.39, 0.29) is 12.5 Å². The van der Waals surface area contributed by atoms with Gasteiger partial charge in [0, 0.05) is 6.42 Å². The molecule has 0 aliphatic carbocycles. The van der Waals surface area contributed by atoms with Crippen LogP contribution in [0.25, 0.3) is 0 Å². The third kappa shape index (κ3) is 15.3. The fraction of sp³-hybridized carbons (Fsp3) is 0.722. The Morgan fingerprint density at radius 2 is 1.77 bits per heavy atom. The second kappa shape index (κ2) is 16.2. The molecule has 0 aliphatic heterocycles. The van der Waals surface area contributed by atoms with Crippen LogP contribution in [0.1, 0.15) is 77.6 Å². The van der Waals surface area contributed by atoms with Gasteiger partial charge in [-0.15, -0.1) is 0 Å². The molecule has 0 aromatic rings. The molecule has 0 aromatic carbocycles. The minimum atomic E-state index is -0.699. The maximum Gasteiger partial charge on any atom is 0.303 e. The van der Waals surface area contributed by atoms with Gasteiger partial charge in [-0.05, 0) is 25.7 Å². The standard InChI is InChI=1S/C18H32O4/c1-2-3-11-14-17(22-21)15-12-9-7-5-4-6-8-10-13-16-18(19)20/h7,9,12,15,17,21H,2-6,8,10-11,13-14,16H2,1H3,(H,19,20). The minimum absolute atomic E-state index is 0.203. The number of carboxylic acid groups (broad SMARTS) is 1. The molecule has 0 aliphatic rings. The molecule has 4 nitrogen and oxygen atoms in total. The number of carbonyl (C=O) groups is 1. The predicted octanol–water partition coefficient (Wildman–Crippen LogP) is 5.35. The van der Waals surface area contributed by atoms with E-state index >= 15 is 0 Å². The van der Waals surface area contributed by atoms with Gasteiger partial charge in [0.25, 0.3) is 0 Å². The van der Waals surface area contributed by atoms with E-state index in [0.717, 1.165) is 64.2 Å². The molecular weight excluding hydrogens is 280 g/mol. The molecule has 0 radical (unpaired) electrons. The molecule has 0 fully saturated rings. The Kier molecular flexibility index (Phi) is 15.4. The Balaban J connectivity index is 3.51. The van der Waals surface area contributed by atoms with Crippen LogP contribution >= 0.6 is 0 Å². The molecule has 0 rings (SSSR count). The van der Waals surface area contributed by atoms with Gasteiger partial charge in [0.1, 0.15) is 6.10 Å². The summed E-state index contributed by atoms with van der Waals surface area (Å²) in [6.45, 7) is 2.15. The number of allylic oxidation sites excluding steroid dienone is 3. The van der Waals surface area contributed by atoms with Crippen molar-refractivity contribution in [2.45, 2.75) is 83.7 Å². The zero-order valence-electron chi connectivity index (χ0n) is 13.9. The van der Waals surface area contributed by atoms with E-state index in [1.54, 1.807) is 0 Å². The van der Waals surface area contributed by atoms with Crippen LogP contribution < -0.4 is 0 Å². The van der Waals surface area contributed by atoms with Crippen LogP contribution in [0.3, 0.4) is 0 Å². The lowest BCUT2D eigenvalue weighted by Gasteiger charge is -2.07. The minimum Gasteiger partial charge on any atom is -0.481 e. The van der Waals surface area contributed by atoms with Crippen molar-refractivity contribution in [3.05, 3.63) is 24.3 Å². The highest BCUT2D eigenvalue weighted by atomic mass is 17.1. The zero-order chi connectivity index (χ0) is 16.5. The predicted molar refractivity (Wildman–Crippen MR) is 89.9 cm³/mol. The molecule has 0 bridgehead atoms. The monoisotopic (exact) mass is 312 g/mol. The first-order chi connectivity index (χ1) is 10.7. The van der Waals surface area contributed by atoms with Crippen LogP contribution in [0, 0.1) is 0 Å². The topological polar surface area (TPSA) is 66.8 Å². The fourth-order valence-electron chi connectivity index (χ4n) is 2.21. The molecule has 0 saturated heterocycles. The molecule has 2 N–H and O–H groups in total. The van der Waals surface area contributed by atoms with Gasteiger partial charge < -0.3 is 5.11 Å². The van der Waals surface area contributed by atoms with Crippen molar-refractivity contribution in [1.29, 1.82) is 0 Å². The molecule has 22 heavy (non-hydrogen) atoms. The van der Waals surface area contributed by atoms with Crippen LogP contribution in [0.2, 0.25) is 0 Å². The fourth-order valence-corrected chi connectivity index (χ4v) is 2.21. The van der Waals surface area contributed by atoms with Crippen LogP contribution in [-0.2, 0) is 9.68 Å². The smallest absolute Gasteiger partial charge is 0.303 e. The Bertz CT molecular complexity index is 310. The highest BCUT2D eigenvalue weighted by Crippen LogP contribution is 2.09. The molecule has 4 heteroatoms. The van der Waals surface area contributed by atoms with Gasteiger partial charge in [-0.2, -0.15) is 0 Å². The first kappa shape index (κ1) is 20.9. The largest absolute Gasteiger partial charge is 0.481 e. The van der Waals surface area contributed by atoms with E-state index in [4.69, 9.17) is 10.4 Å². The molecule has 1 atom stereocenters. The van der Waals surface area contributed by atoms with E-state index in [2.05, 4.69) is 17.9 Å². The van der Waals surface area contributed by atoms with Crippen molar-refractivity contribution in [2.75, 3.05) is 0 Å². The van der Waals surface area contributed by atoms with Crippen LogP contribution in [-0.4, -0.2) is 22.4 Å². The Hall–Kier alpha value is -1.13. The summed E-state index contributed by atoms with van der Waals surface area (Å²) in [7, 11) is 0. The molecule has 0 spiro atoms. The van der Waals surface area contributed by atoms with Gasteiger partial charge in [0.15, 0.2) is 0 Å². The van der Waals surface area contributed by atoms with E-state index < -0.39 is 5.97 Å². The maximum absolute atomic E-state index is 10.3. The Labute approximate surface area is 134 Å². The molecule has 0 saturated carbocycles. The first-order valence-corrected chi connectivity index (χ1v) is 8.56. The molecule has 0 heterocycles. The third-order valence-corrected chi connectivity index (χ3v) is 3.56. The summed E-state index contributed by atoms with van der Waals surface area (Å²) < 4.78 is 0. The zero-order valence-corrected chi connectivity index (χ0v) is 13.9. The summed E-state index contributed by atoms with van der Waals surface area (Å²) in [5.74, 6) is -0.699. The second-order valence-corrected chi connectivity index (χ2v) is 5.65. The normalized spacial score (nSPS) is 13.2. The summed E-state index contributed by atoms with van der Waals surface area (Å²) >= 11 is 0. The van der Waals surface area contributed by atoms with Crippen LogP contribution in [0.15, 0.2) is 24.3 Å². The Morgan fingerprint density at radius 1 is 1.05 bits per heavy atom. The summed E-state index contributed by atoms with van der Waals surface area (Å²) in [6, 6.07) is 0. The number of hydrogen-bond acceptors (Lipinski definition) is 3. The van der Waals surface area contributed by atoms with Crippen molar-refractivity contribution >= 4 is 5.97 Å². The second-order valence-electron chi connectivity index (χ2n) is 5.65. The number of aliphatic carboxylic acids is 1. The van der Waals surface area contributed by atoms with Crippen LogP contribution in [0.4, 0.5) is 0 Å². The van der Waals surface area contributed by atoms with E-state index in [9.17, 15) is 4.79 Å². The first-order valence-electron chi connectivity index (χ1n) is 8.56. The lowest BCUT2D eigenvalue weighted by Crippen LogP contribution is -2.06. The molecule has 0 amide bonds. The third-order valence-electron chi connectivity index (χ3n) is 3.56.